The second kappa shape index (κ2) is 14.3. The summed E-state index contributed by atoms with van der Waals surface area (Å²) in [6, 6.07) is 5.29. The highest BCUT2D eigenvalue weighted by molar-refractivity contribution is 6.32. The van der Waals surface area contributed by atoms with Crippen LogP contribution in [-0.2, 0) is 20.8 Å². The molecular formula is C30H39Cl2N7O4. The molecule has 232 valence electrons. The molecule has 0 aliphatic carbocycles. The first-order valence-electron chi connectivity index (χ1n) is 13.9. The number of benzene rings is 1. The number of halogens is 2. The molecule has 1 aliphatic heterocycles. The van der Waals surface area contributed by atoms with Crippen molar-refractivity contribution in [2.75, 3.05) is 26.0 Å². The van der Waals surface area contributed by atoms with Gasteiger partial charge in [-0.05, 0) is 50.4 Å². The molecule has 13 heteroatoms. The Morgan fingerprint density at radius 1 is 1.19 bits per heavy atom. The summed E-state index contributed by atoms with van der Waals surface area (Å²) in [7, 11) is 3.23. The maximum absolute atomic E-state index is 13.8. The van der Waals surface area contributed by atoms with Crippen LogP contribution in [0.5, 0.6) is 5.75 Å². The van der Waals surface area contributed by atoms with Crippen molar-refractivity contribution in [3.8, 4) is 5.75 Å². The second-order valence-corrected chi connectivity index (χ2v) is 11.9. The van der Waals surface area contributed by atoms with Crippen molar-refractivity contribution in [1.82, 2.24) is 30.5 Å². The number of nitrogens with zero attached hydrogens (tertiary/aromatic N) is 4. The van der Waals surface area contributed by atoms with Crippen LogP contribution in [0.3, 0.4) is 0 Å². The normalized spacial score (nSPS) is 16.3. The molecule has 3 aromatic rings. The van der Waals surface area contributed by atoms with E-state index >= 15 is 0 Å². The van der Waals surface area contributed by atoms with E-state index in [1.165, 1.54) is 6.33 Å². The van der Waals surface area contributed by atoms with Gasteiger partial charge in [0.05, 0.1) is 30.4 Å². The number of ketones is 1. The van der Waals surface area contributed by atoms with Crippen LogP contribution >= 0.6 is 24.0 Å². The summed E-state index contributed by atoms with van der Waals surface area (Å²) in [6.07, 6.45) is 4.32. The molecule has 2 amide bonds. The molecule has 11 nitrogen and oxygen atoms in total. The first-order valence-corrected chi connectivity index (χ1v) is 14.3. The predicted molar refractivity (Wildman–Crippen MR) is 169 cm³/mol. The lowest BCUT2D eigenvalue weighted by Crippen LogP contribution is -2.58. The lowest BCUT2D eigenvalue weighted by molar-refractivity contribution is -0.143. The maximum Gasteiger partial charge on any atom is 0.246 e. The Labute approximate surface area is 262 Å². The Balaban J connectivity index is 0.00000506. The Morgan fingerprint density at radius 3 is 2.58 bits per heavy atom. The van der Waals surface area contributed by atoms with Crippen molar-refractivity contribution < 1.29 is 19.1 Å². The van der Waals surface area contributed by atoms with Gasteiger partial charge < -0.3 is 25.6 Å². The van der Waals surface area contributed by atoms with Gasteiger partial charge in [0.25, 0.3) is 0 Å². The van der Waals surface area contributed by atoms with E-state index in [-0.39, 0.29) is 36.4 Å². The lowest BCUT2D eigenvalue weighted by Gasteiger charge is -2.36. The summed E-state index contributed by atoms with van der Waals surface area (Å²) >= 11 is 6.25. The summed E-state index contributed by atoms with van der Waals surface area (Å²) in [4.78, 5) is 54.8. The highest BCUT2D eigenvalue weighted by atomic mass is 35.5. The average molecular weight is 633 g/mol. The quantitative estimate of drug-likeness (QED) is 0.282. The second-order valence-electron chi connectivity index (χ2n) is 11.5. The molecule has 43 heavy (non-hydrogen) atoms. The molecule has 1 aliphatic rings. The number of methoxy groups -OCH3 is 1. The number of pyridine rings is 1. The Morgan fingerprint density at radius 2 is 1.93 bits per heavy atom. The molecular weight excluding hydrogens is 593 g/mol. The number of anilines is 2. The number of fused-ring (bicyclic) bond motifs is 1. The van der Waals surface area contributed by atoms with E-state index in [4.69, 9.17) is 16.3 Å². The zero-order valence-electron chi connectivity index (χ0n) is 25.2. The van der Waals surface area contributed by atoms with Gasteiger partial charge in [-0.25, -0.2) is 15.0 Å². The molecule has 0 spiro atoms. The third kappa shape index (κ3) is 7.70. The number of aromatic nitrogens is 3. The zero-order valence-corrected chi connectivity index (χ0v) is 26.8. The number of nitrogens with one attached hydrogen (secondary N) is 3. The zero-order chi connectivity index (χ0) is 30.6. The number of likely N-dealkylation sites (N-methyl/N-ethyl adjacent to an activating group) is 1. The van der Waals surface area contributed by atoms with E-state index in [1.807, 2.05) is 26.8 Å². The summed E-state index contributed by atoms with van der Waals surface area (Å²) < 4.78 is 5.63. The standard InChI is InChI=1S/C30H38ClN7O4.ClH/c1-17(32-5)28(40)37-25(30(2,3)4)29(41)38-12-8-10-22(38)23(39)14-18-13-19-21(15-24(18)42-6)34-16-35-27(19)36-20-9-7-11-33-26(20)31;/h7,9,11,13,15-17,22,25,32H,8,10,12,14H2,1-6H3,(H,37,40)(H,34,35,36);1H/t17-,22-,25+;/m0./s1. The number of amides is 2. The van der Waals surface area contributed by atoms with Gasteiger partial charge in [-0.15, -0.1) is 12.4 Å². The summed E-state index contributed by atoms with van der Waals surface area (Å²) in [5, 5.41) is 9.98. The number of rotatable bonds is 10. The van der Waals surface area contributed by atoms with E-state index in [2.05, 4.69) is 30.9 Å². The average Bonchev–Trinajstić information content (AvgIpc) is 3.46. The van der Waals surface area contributed by atoms with Crippen LogP contribution in [0, 0.1) is 5.41 Å². The molecule has 0 radical (unpaired) electrons. The van der Waals surface area contributed by atoms with Crippen LogP contribution in [0.25, 0.3) is 10.9 Å². The topological polar surface area (TPSA) is 138 Å². The fourth-order valence-electron chi connectivity index (χ4n) is 5.05. The molecule has 1 aromatic carbocycles. The van der Waals surface area contributed by atoms with E-state index in [1.54, 1.807) is 50.4 Å². The van der Waals surface area contributed by atoms with Crippen molar-refractivity contribution in [1.29, 1.82) is 0 Å². The van der Waals surface area contributed by atoms with Gasteiger partial charge in [-0.2, -0.15) is 0 Å². The molecule has 2 aromatic heterocycles. The largest absolute Gasteiger partial charge is 0.496 e. The highest BCUT2D eigenvalue weighted by Gasteiger charge is 2.42. The SMILES string of the molecule is CN[C@@H](C)C(=O)N[C@H](C(=O)N1CCC[C@H]1C(=O)Cc1cc2c(Nc3cccnc3Cl)ncnc2cc1OC)C(C)(C)C.Cl. The van der Waals surface area contributed by atoms with Gasteiger partial charge >= 0.3 is 0 Å². The third-order valence-corrected chi connectivity index (χ3v) is 7.85. The Hall–Kier alpha value is -3.54. The van der Waals surface area contributed by atoms with Crippen LogP contribution in [0.2, 0.25) is 5.15 Å². The van der Waals surface area contributed by atoms with Gasteiger partial charge in [0.2, 0.25) is 11.8 Å². The first-order chi connectivity index (χ1) is 19.9. The van der Waals surface area contributed by atoms with Crippen molar-refractivity contribution in [2.45, 2.75) is 65.1 Å². The summed E-state index contributed by atoms with van der Waals surface area (Å²) in [5.41, 5.74) is 1.29. The van der Waals surface area contributed by atoms with Crippen LogP contribution in [0.1, 0.15) is 46.1 Å². The van der Waals surface area contributed by atoms with Gasteiger partial charge in [-0.1, -0.05) is 32.4 Å². The molecule has 3 atom stereocenters. The summed E-state index contributed by atoms with van der Waals surface area (Å²) in [6.45, 7) is 7.88. The van der Waals surface area contributed by atoms with Crippen molar-refractivity contribution in [3.63, 3.8) is 0 Å². The van der Waals surface area contributed by atoms with E-state index < -0.39 is 23.5 Å². The molecule has 0 saturated carbocycles. The number of hydrogen-bond donors (Lipinski definition) is 3. The fraction of sp³-hybridized carbons (Fsp3) is 0.467. The molecule has 0 bridgehead atoms. The van der Waals surface area contributed by atoms with Crippen molar-refractivity contribution >= 4 is 64.0 Å². The number of Topliss-reactive ketones (excluding diaryl/α,β-unsaturated/α-hetero) is 1. The van der Waals surface area contributed by atoms with Gasteiger partial charge in [0, 0.05) is 36.2 Å². The van der Waals surface area contributed by atoms with Crippen LogP contribution in [0.15, 0.2) is 36.8 Å². The lowest BCUT2D eigenvalue weighted by atomic mass is 9.85. The molecule has 0 unspecified atom stereocenters. The summed E-state index contributed by atoms with van der Waals surface area (Å²) in [5.74, 6) is 0.379. The highest BCUT2D eigenvalue weighted by Crippen LogP contribution is 2.33. The minimum atomic E-state index is -0.783. The molecule has 3 heterocycles. The molecule has 1 fully saturated rings. The number of likely N-dealkylation sites (tertiary alicyclic amines) is 1. The first kappa shape index (κ1) is 34.0. The van der Waals surface area contributed by atoms with Gasteiger partial charge in [0.1, 0.15) is 23.9 Å². The van der Waals surface area contributed by atoms with Crippen LogP contribution in [0.4, 0.5) is 11.5 Å². The predicted octanol–water partition coefficient (Wildman–Crippen LogP) is 4.09. The van der Waals surface area contributed by atoms with Crippen LogP contribution < -0.4 is 20.7 Å². The van der Waals surface area contributed by atoms with Crippen molar-refractivity contribution in [2.24, 2.45) is 5.41 Å². The monoisotopic (exact) mass is 631 g/mol. The molecule has 1 saturated heterocycles. The smallest absolute Gasteiger partial charge is 0.246 e. The number of carbonyl (C=O) groups is 3. The van der Waals surface area contributed by atoms with Crippen LogP contribution in [-0.4, -0.2) is 76.3 Å². The third-order valence-electron chi connectivity index (χ3n) is 7.55. The minimum absolute atomic E-state index is 0. The van der Waals surface area contributed by atoms with Gasteiger partial charge in [-0.3, -0.25) is 14.4 Å². The van der Waals surface area contributed by atoms with Crippen molar-refractivity contribution in [3.05, 3.63) is 47.5 Å². The van der Waals surface area contributed by atoms with E-state index in [0.29, 0.717) is 58.3 Å². The number of carbonyl (C=O) groups excluding carboxylic acids is 3. The maximum atomic E-state index is 13.8. The Bertz CT molecular complexity index is 1480. The minimum Gasteiger partial charge on any atom is -0.496 e. The van der Waals surface area contributed by atoms with Gasteiger partial charge in [0.15, 0.2) is 10.9 Å². The Kier molecular flexibility index (Phi) is 11.3. The molecule has 4 rings (SSSR count). The fourth-order valence-corrected chi connectivity index (χ4v) is 5.21. The van der Waals surface area contributed by atoms with E-state index in [9.17, 15) is 14.4 Å². The number of ether oxygens (including phenoxy) is 1. The molecule has 3 N–H and O–H groups in total. The van der Waals surface area contributed by atoms with E-state index in [0.717, 1.165) is 0 Å². The number of hydrogen-bond acceptors (Lipinski definition) is 9.